The SMILES string of the molecule is COc1cc(/C=C/C(=O)OCC(=O)N2C[C@H](C)C[C@H](C)C2)cc(Cl)c1OC. The second-order valence-electron chi connectivity index (χ2n) is 6.92. The number of piperidine rings is 1. The summed E-state index contributed by atoms with van der Waals surface area (Å²) in [7, 11) is 3.00. The second kappa shape index (κ2) is 9.65. The van der Waals surface area contributed by atoms with E-state index in [4.69, 9.17) is 25.8 Å². The van der Waals surface area contributed by atoms with E-state index in [9.17, 15) is 9.59 Å². The first kappa shape index (κ1) is 21.1. The Balaban J connectivity index is 1.92. The average Bonchev–Trinajstić information content (AvgIpc) is 2.62. The van der Waals surface area contributed by atoms with Crippen molar-refractivity contribution in [3.63, 3.8) is 0 Å². The fourth-order valence-electron chi connectivity index (χ4n) is 3.34. The minimum atomic E-state index is -0.590. The van der Waals surface area contributed by atoms with E-state index in [-0.39, 0.29) is 12.5 Å². The second-order valence-corrected chi connectivity index (χ2v) is 7.33. The lowest BCUT2D eigenvalue weighted by atomic mass is 9.92. The van der Waals surface area contributed by atoms with Crippen LogP contribution in [0.2, 0.25) is 5.02 Å². The molecule has 6 nitrogen and oxygen atoms in total. The number of halogens is 1. The predicted molar refractivity (Wildman–Crippen MR) is 104 cm³/mol. The van der Waals surface area contributed by atoms with Crippen LogP contribution in [0, 0.1) is 11.8 Å². The fraction of sp³-hybridized carbons (Fsp3) is 0.500. The molecule has 2 atom stereocenters. The summed E-state index contributed by atoms with van der Waals surface area (Å²) >= 11 is 6.14. The number of hydrogen-bond donors (Lipinski definition) is 0. The molecule has 1 aromatic carbocycles. The zero-order chi connectivity index (χ0) is 20.0. The van der Waals surface area contributed by atoms with Crippen LogP contribution in [-0.2, 0) is 14.3 Å². The van der Waals surface area contributed by atoms with Crippen molar-refractivity contribution >= 4 is 29.6 Å². The molecule has 27 heavy (non-hydrogen) atoms. The van der Waals surface area contributed by atoms with Crippen LogP contribution in [0.15, 0.2) is 18.2 Å². The lowest BCUT2D eigenvalue weighted by Gasteiger charge is -2.34. The van der Waals surface area contributed by atoms with E-state index in [1.54, 1.807) is 23.1 Å². The van der Waals surface area contributed by atoms with Crippen LogP contribution in [0.5, 0.6) is 11.5 Å². The van der Waals surface area contributed by atoms with E-state index in [1.165, 1.54) is 20.3 Å². The van der Waals surface area contributed by atoms with Crippen LogP contribution in [0.3, 0.4) is 0 Å². The molecule has 0 aliphatic carbocycles. The van der Waals surface area contributed by atoms with Crippen LogP contribution in [0.1, 0.15) is 25.8 Å². The van der Waals surface area contributed by atoms with E-state index in [2.05, 4.69) is 13.8 Å². The number of nitrogens with zero attached hydrogens (tertiary/aromatic N) is 1. The molecule has 0 aromatic heterocycles. The number of likely N-dealkylation sites (tertiary alicyclic amines) is 1. The third kappa shape index (κ3) is 5.89. The lowest BCUT2D eigenvalue weighted by molar-refractivity contribution is -0.149. The molecule has 0 unspecified atom stereocenters. The van der Waals surface area contributed by atoms with Gasteiger partial charge >= 0.3 is 5.97 Å². The number of carbonyl (C=O) groups is 2. The van der Waals surface area contributed by atoms with Crippen molar-refractivity contribution in [3.05, 3.63) is 28.8 Å². The topological polar surface area (TPSA) is 65.1 Å². The number of esters is 1. The predicted octanol–water partition coefficient (Wildman–Crippen LogP) is 3.42. The van der Waals surface area contributed by atoms with Gasteiger partial charge < -0.3 is 19.1 Å². The Labute approximate surface area is 165 Å². The third-order valence-corrected chi connectivity index (χ3v) is 4.71. The lowest BCUT2D eigenvalue weighted by Crippen LogP contribution is -2.44. The highest BCUT2D eigenvalue weighted by Crippen LogP contribution is 2.36. The number of hydrogen-bond acceptors (Lipinski definition) is 5. The van der Waals surface area contributed by atoms with Gasteiger partial charge in [0.15, 0.2) is 18.1 Å². The molecule has 1 aliphatic heterocycles. The molecule has 0 saturated carbocycles. The monoisotopic (exact) mass is 395 g/mol. The zero-order valence-corrected chi connectivity index (χ0v) is 16.9. The van der Waals surface area contributed by atoms with Gasteiger partial charge in [-0.15, -0.1) is 0 Å². The summed E-state index contributed by atoms with van der Waals surface area (Å²) in [6.07, 6.45) is 3.91. The largest absolute Gasteiger partial charge is 0.493 e. The number of ether oxygens (including phenoxy) is 3. The van der Waals surface area contributed by atoms with E-state index >= 15 is 0 Å². The first-order valence-electron chi connectivity index (χ1n) is 8.88. The molecule has 1 aromatic rings. The Bertz CT molecular complexity index is 709. The molecule has 1 amide bonds. The van der Waals surface area contributed by atoms with E-state index in [0.29, 0.717) is 47.0 Å². The van der Waals surface area contributed by atoms with Gasteiger partial charge in [0.05, 0.1) is 19.2 Å². The summed E-state index contributed by atoms with van der Waals surface area (Å²) in [5.74, 6) is 1.05. The number of amides is 1. The van der Waals surface area contributed by atoms with Crippen molar-refractivity contribution in [1.82, 2.24) is 4.90 Å². The maximum Gasteiger partial charge on any atom is 0.331 e. The Kier molecular flexibility index (Phi) is 7.54. The molecule has 1 fully saturated rings. The molecule has 1 heterocycles. The van der Waals surface area contributed by atoms with E-state index in [0.717, 1.165) is 6.42 Å². The first-order valence-corrected chi connectivity index (χ1v) is 9.26. The minimum absolute atomic E-state index is 0.163. The maximum atomic E-state index is 12.2. The molecular formula is C20H26ClNO5. The highest BCUT2D eigenvalue weighted by molar-refractivity contribution is 6.32. The van der Waals surface area contributed by atoms with Gasteiger partial charge in [-0.25, -0.2) is 4.79 Å². The number of carbonyl (C=O) groups excluding carboxylic acids is 2. The van der Waals surface area contributed by atoms with Crippen LogP contribution in [0.4, 0.5) is 0 Å². The molecule has 0 spiro atoms. The van der Waals surface area contributed by atoms with Gasteiger partial charge in [-0.2, -0.15) is 0 Å². The Morgan fingerprint density at radius 1 is 1.19 bits per heavy atom. The van der Waals surface area contributed by atoms with Crippen molar-refractivity contribution in [2.45, 2.75) is 20.3 Å². The third-order valence-electron chi connectivity index (χ3n) is 4.43. The van der Waals surface area contributed by atoms with Gasteiger partial charge in [0.1, 0.15) is 0 Å². The summed E-state index contributed by atoms with van der Waals surface area (Å²) in [6, 6.07) is 3.34. The molecule has 0 bridgehead atoms. The minimum Gasteiger partial charge on any atom is -0.493 e. The van der Waals surface area contributed by atoms with Gasteiger partial charge in [0.2, 0.25) is 0 Å². The van der Waals surface area contributed by atoms with E-state index < -0.39 is 5.97 Å². The van der Waals surface area contributed by atoms with Gasteiger partial charge in [-0.3, -0.25) is 4.79 Å². The average molecular weight is 396 g/mol. The van der Waals surface area contributed by atoms with Gasteiger partial charge in [-0.1, -0.05) is 25.4 Å². The summed E-state index contributed by atoms with van der Waals surface area (Å²) in [5, 5.41) is 0.369. The van der Waals surface area contributed by atoms with E-state index in [1.807, 2.05) is 0 Å². The smallest absolute Gasteiger partial charge is 0.331 e. The van der Waals surface area contributed by atoms with Gasteiger partial charge in [0.25, 0.3) is 5.91 Å². The summed E-state index contributed by atoms with van der Waals surface area (Å²) in [5.41, 5.74) is 0.652. The van der Waals surface area contributed by atoms with Crippen molar-refractivity contribution in [2.24, 2.45) is 11.8 Å². The number of rotatable bonds is 6. The van der Waals surface area contributed by atoms with Crippen molar-refractivity contribution in [1.29, 1.82) is 0 Å². The fourth-order valence-corrected chi connectivity index (χ4v) is 3.63. The summed E-state index contributed by atoms with van der Waals surface area (Å²) < 4.78 is 15.5. The number of methoxy groups -OCH3 is 2. The molecule has 7 heteroatoms. The Morgan fingerprint density at radius 2 is 1.85 bits per heavy atom. The highest BCUT2D eigenvalue weighted by atomic mass is 35.5. The molecule has 0 radical (unpaired) electrons. The highest BCUT2D eigenvalue weighted by Gasteiger charge is 2.25. The summed E-state index contributed by atoms with van der Waals surface area (Å²) in [4.78, 5) is 25.9. The van der Waals surface area contributed by atoms with Crippen molar-refractivity contribution in [2.75, 3.05) is 33.9 Å². The zero-order valence-electron chi connectivity index (χ0n) is 16.2. The quantitative estimate of drug-likeness (QED) is 0.545. The molecule has 148 valence electrons. The molecular weight excluding hydrogens is 370 g/mol. The van der Waals surface area contributed by atoms with Gasteiger partial charge in [0, 0.05) is 19.2 Å². The van der Waals surface area contributed by atoms with Crippen molar-refractivity contribution in [3.8, 4) is 11.5 Å². The normalized spacial score (nSPS) is 19.8. The van der Waals surface area contributed by atoms with Gasteiger partial charge in [-0.05, 0) is 42.0 Å². The summed E-state index contributed by atoms with van der Waals surface area (Å²) in [6.45, 7) is 5.41. The van der Waals surface area contributed by atoms with Crippen LogP contribution >= 0.6 is 11.6 Å². The van der Waals surface area contributed by atoms with Crippen LogP contribution in [-0.4, -0.2) is 50.7 Å². The molecule has 0 N–H and O–H groups in total. The first-order chi connectivity index (χ1) is 12.8. The standard InChI is InChI=1S/C20H26ClNO5/c1-13-7-14(2)11-22(10-13)18(23)12-27-19(24)6-5-15-8-16(21)20(26-4)17(9-15)25-3/h5-6,8-9,13-14H,7,10-12H2,1-4H3/b6-5+/t13-,14+. The molecule has 1 saturated heterocycles. The van der Waals surface area contributed by atoms with Crippen molar-refractivity contribution < 1.29 is 23.8 Å². The van der Waals surface area contributed by atoms with Crippen LogP contribution < -0.4 is 9.47 Å². The number of benzene rings is 1. The Hall–Kier alpha value is -2.21. The molecule has 2 rings (SSSR count). The van der Waals surface area contributed by atoms with Crippen LogP contribution in [0.25, 0.3) is 6.08 Å². The Morgan fingerprint density at radius 3 is 2.44 bits per heavy atom. The maximum absolute atomic E-state index is 12.2. The molecule has 1 aliphatic rings.